The van der Waals surface area contributed by atoms with Crippen molar-refractivity contribution in [2.24, 2.45) is 0 Å². The van der Waals surface area contributed by atoms with Crippen molar-refractivity contribution in [2.45, 2.75) is 6.92 Å². The second kappa shape index (κ2) is 8.14. The first-order chi connectivity index (χ1) is 14.4. The number of aryl methyl sites for hydroxylation is 1. The highest BCUT2D eigenvalue weighted by Gasteiger charge is 2.27. The molecule has 0 atom stereocenters. The number of halogens is 3. The number of piperazine rings is 1. The summed E-state index contributed by atoms with van der Waals surface area (Å²) >= 11 is 0. The van der Waals surface area contributed by atoms with Crippen molar-refractivity contribution in [3.63, 3.8) is 0 Å². The third-order valence-electron chi connectivity index (χ3n) is 5.05. The van der Waals surface area contributed by atoms with Crippen LogP contribution in [0.25, 0.3) is 11.3 Å². The quantitative estimate of drug-likeness (QED) is 0.614. The van der Waals surface area contributed by atoms with Gasteiger partial charge < -0.3 is 9.80 Å². The largest absolute Gasteiger partial charge is 0.353 e. The SMILES string of the molecule is Cc1nc(-c2ccccc2)cc(N2CCN(C(=O)c3ccc(F)c(F)c3F)CC2)n1. The van der Waals surface area contributed by atoms with E-state index in [1.807, 2.05) is 48.2 Å². The fourth-order valence-corrected chi connectivity index (χ4v) is 3.47. The Morgan fingerprint density at radius 1 is 0.900 bits per heavy atom. The third-order valence-corrected chi connectivity index (χ3v) is 5.05. The van der Waals surface area contributed by atoms with Gasteiger partial charge in [-0.2, -0.15) is 0 Å². The summed E-state index contributed by atoms with van der Waals surface area (Å²) in [6.45, 7) is 3.38. The third kappa shape index (κ3) is 3.85. The minimum Gasteiger partial charge on any atom is -0.353 e. The first-order valence-corrected chi connectivity index (χ1v) is 9.53. The lowest BCUT2D eigenvalue weighted by Gasteiger charge is -2.35. The van der Waals surface area contributed by atoms with Gasteiger partial charge in [-0.3, -0.25) is 4.79 Å². The number of benzene rings is 2. The standard InChI is InChI=1S/C22H19F3N4O/c1-14-26-18(15-5-3-2-4-6-15)13-19(27-14)28-9-11-29(12-10-28)22(30)16-7-8-17(23)21(25)20(16)24/h2-8,13H,9-12H2,1H3. The molecular formula is C22H19F3N4O. The van der Waals surface area contributed by atoms with Gasteiger partial charge >= 0.3 is 0 Å². The van der Waals surface area contributed by atoms with E-state index in [-0.39, 0.29) is 0 Å². The molecule has 0 aliphatic carbocycles. The lowest BCUT2D eigenvalue weighted by molar-refractivity contribution is 0.0740. The van der Waals surface area contributed by atoms with Gasteiger partial charge in [-0.25, -0.2) is 23.1 Å². The average Bonchev–Trinajstić information content (AvgIpc) is 2.77. The fraction of sp³-hybridized carbons (Fsp3) is 0.227. The minimum atomic E-state index is -1.63. The van der Waals surface area contributed by atoms with Crippen molar-refractivity contribution in [1.82, 2.24) is 14.9 Å². The number of amides is 1. The molecule has 8 heteroatoms. The van der Waals surface area contributed by atoms with Crippen molar-refractivity contribution in [3.05, 3.63) is 77.4 Å². The van der Waals surface area contributed by atoms with Crippen molar-refractivity contribution in [2.75, 3.05) is 31.1 Å². The zero-order valence-electron chi connectivity index (χ0n) is 16.3. The van der Waals surface area contributed by atoms with Gasteiger partial charge in [0.2, 0.25) is 0 Å². The van der Waals surface area contributed by atoms with Crippen LogP contribution in [0, 0.1) is 24.4 Å². The van der Waals surface area contributed by atoms with Gasteiger partial charge in [0.05, 0.1) is 11.3 Å². The molecule has 3 aromatic rings. The predicted octanol–water partition coefficient (Wildman–Crippen LogP) is 3.83. The van der Waals surface area contributed by atoms with E-state index in [0.717, 1.165) is 29.2 Å². The van der Waals surface area contributed by atoms with Gasteiger partial charge in [-0.15, -0.1) is 0 Å². The molecule has 1 amide bonds. The number of hydrogen-bond donors (Lipinski definition) is 0. The Morgan fingerprint density at radius 3 is 2.30 bits per heavy atom. The average molecular weight is 412 g/mol. The van der Waals surface area contributed by atoms with E-state index in [9.17, 15) is 18.0 Å². The number of carbonyl (C=O) groups is 1. The lowest BCUT2D eigenvalue weighted by atomic mass is 10.1. The summed E-state index contributed by atoms with van der Waals surface area (Å²) in [4.78, 5) is 25.0. The van der Waals surface area contributed by atoms with E-state index >= 15 is 0 Å². The molecule has 154 valence electrons. The van der Waals surface area contributed by atoms with Crippen LogP contribution in [0.3, 0.4) is 0 Å². The molecule has 5 nitrogen and oxygen atoms in total. The molecule has 0 bridgehead atoms. The predicted molar refractivity (Wildman–Crippen MR) is 107 cm³/mol. The summed E-state index contributed by atoms with van der Waals surface area (Å²) in [7, 11) is 0. The molecule has 1 aliphatic rings. The number of carbonyl (C=O) groups excluding carboxylic acids is 1. The zero-order chi connectivity index (χ0) is 21.3. The first-order valence-electron chi connectivity index (χ1n) is 9.53. The normalized spacial score (nSPS) is 14.1. The molecule has 0 radical (unpaired) electrons. The smallest absolute Gasteiger partial charge is 0.257 e. The summed E-state index contributed by atoms with van der Waals surface area (Å²) < 4.78 is 40.6. The Bertz CT molecular complexity index is 1080. The summed E-state index contributed by atoms with van der Waals surface area (Å²) in [6.07, 6.45) is 0. The number of rotatable bonds is 3. The summed E-state index contributed by atoms with van der Waals surface area (Å²) in [6, 6.07) is 13.4. The van der Waals surface area contributed by atoms with Crippen LogP contribution >= 0.6 is 0 Å². The van der Waals surface area contributed by atoms with Crippen LogP contribution in [-0.4, -0.2) is 47.0 Å². The maximum atomic E-state index is 14.0. The van der Waals surface area contributed by atoms with E-state index in [4.69, 9.17) is 0 Å². The lowest BCUT2D eigenvalue weighted by Crippen LogP contribution is -2.49. The Hall–Kier alpha value is -3.42. The highest BCUT2D eigenvalue weighted by Crippen LogP contribution is 2.23. The van der Waals surface area contributed by atoms with Crippen molar-refractivity contribution >= 4 is 11.7 Å². The number of aromatic nitrogens is 2. The van der Waals surface area contributed by atoms with Crippen LogP contribution in [0.1, 0.15) is 16.2 Å². The molecule has 1 saturated heterocycles. The van der Waals surface area contributed by atoms with E-state index in [1.54, 1.807) is 0 Å². The highest BCUT2D eigenvalue weighted by atomic mass is 19.2. The Morgan fingerprint density at radius 2 is 1.60 bits per heavy atom. The minimum absolute atomic E-state index is 0.307. The van der Waals surface area contributed by atoms with Crippen LogP contribution in [-0.2, 0) is 0 Å². The van der Waals surface area contributed by atoms with Gasteiger partial charge in [0.15, 0.2) is 17.5 Å². The van der Waals surface area contributed by atoms with Crippen LogP contribution in [0.4, 0.5) is 19.0 Å². The molecule has 0 spiro atoms. The van der Waals surface area contributed by atoms with Gasteiger partial charge in [0.1, 0.15) is 11.6 Å². The van der Waals surface area contributed by atoms with Crippen LogP contribution in [0.15, 0.2) is 48.5 Å². The molecule has 30 heavy (non-hydrogen) atoms. The zero-order valence-corrected chi connectivity index (χ0v) is 16.3. The first kappa shape index (κ1) is 19.9. The molecule has 1 aliphatic heterocycles. The van der Waals surface area contributed by atoms with E-state index < -0.39 is 28.9 Å². The van der Waals surface area contributed by atoms with E-state index in [0.29, 0.717) is 32.0 Å². The topological polar surface area (TPSA) is 49.3 Å². The summed E-state index contributed by atoms with van der Waals surface area (Å²) in [5.41, 5.74) is 1.32. The number of nitrogens with zero attached hydrogens (tertiary/aromatic N) is 4. The van der Waals surface area contributed by atoms with Crippen molar-refractivity contribution in [3.8, 4) is 11.3 Å². The summed E-state index contributed by atoms with van der Waals surface area (Å²) in [5.74, 6) is -3.69. The molecule has 2 aromatic carbocycles. The van der Waals surface area contributed by atoms with Gasteiger partial charge in [-0.1, -0.05) is 30.3 Å². The molecule has 1 fully saturated rings. The van der Waals surface area contributed by atoms with Crippen LogP contribution in [0.5, 0.6) is 0 Å². The van der Waals surface area contributed by atoms with E-state index in [1.165, 1.54) is 4.90 Å². The number of anilines is 1. The molecule has 4 rings (SSSR count). The molecule has 1 aromatic heterocycles. The second-order valence-electron chi connectivity index (χ2n) is 7.03. The van der Waals surface area contributed by atoms with Gasteiger partial charge in [0.25, 0.3) is 5.91 Å². The van der Waals surface area contributed by atoms with Crippen LogP contribution in [0.2, 0.25) is 0 Å². The van der Waals surface area contributed by atoms with Gasteiger partial charge in [0, 0.05) is 37.8 Å². The molecule has 0 unspecified atom stereocenters. The Kier molecular flexibility index (Phi) is 5.39. The second-order valence-corrected chi connectivity index (χ2v) is 7.03. The molecule has 0 saturated carbocycles. The van der Waals surface area contributed by atoms with E-state index in [2.05, 4.69) is 9.97 Å². The van der Waals surface area contributed by atoms with Crippen molar-refractivity contribution < 1.29 is 18.0 Å². The maximum absolute atomic E-state index is 14.0. The number of hydrogen-bond acceptors (Lipinski definition) is 4. The maximum Gasteiger partial charge on any atom is 0.257 e. The van der Waals surface area contributed by atoms with Crippen LogP contribution < -0.4 is 4.90 Å². The Balaban J connectivity index is 1.49. The highest BCUT2D eigenvalue weighted by molar-refractivity contribution is 5.94. The Labute approximate surface area is 171 Å². The summed E-state index contributed by atoms with van der Waals surface area (Å²) in [5, 5.41) is 0. The molecular weight excluding hydrogens is 393 g/mol. The van der Waals surface area contributed by atoms with Crippen molar-refractivity contribution in [1.29, 1.82) is 0 Å². The molecule has 0 N–H and O–H groups in total. The van der Waals surface area contributed by atoms with Gasteiger partial charge in [-0.05, 0) is 19.1 Å². The fourth-order valence-electron chi connectivity index (χ4n) is 3.47. The monoisotopic (exact) mass is 412 g/mol. The molecule has 2 heterocycles.